The predicted molar refractivity (Wildman–Crippen MR) is 67.3 cm³/mol. The van der Waals surface area contributed by atoms with Crippen LogP contribution in [0.4, 0.5) is 11.4 Å². The van der Waals surface area contributed by atoms with Crippen LogP contribution < -0.4 is 14.9 Å². The summed E-state index contributed by atoms with van der Waals surface area (Å²) in [6.07, 6.45) is 0. The lowest BCUT2D eigenvalue weighted by Gasteiger charge is -2.22. The number of nitrogens with zero attached hydrogens (tertiary/aromatic N) is 1. The van der Waals surface area contributed by atoms with Gasteiger partial charge in [0.25, 0.3) is 10.0 Å². The molecule has 2 N–H and O–H groups in total. The van der Waals surface area contributed by atoms with Crippen molar-refractivity contribution in [1.82, 2.24) is 4.72 Å². The lowest BCUT2D eigenvalue weighted by Crippen LogP contribution is -2.39. The molecule has 86 valence electrons. The molecule has 1 aromatic carbocycles. The van der Waals surface area contributed by atoms with Crippen LogP contribution in [0, 0.1) is 0 Å². The van der Waals surface area contributed by atoms with Crippen molar-refractivity contribution in [3.63, 3.8) is 0 Å². The molecule has 2 rings (SSSR count). The highest BCUT2D eigenvalue weighted by Gasteiger charge is 2.25. The van der Waals surface area contributed by atoms with E-state index < -0.39 is 10.0 Å². The van der Waals surface area contributed by atoms with Gasteiger partial charge in [-0.25, -0.2) is 8.42 Å². The number of thiocarbonyl (C=S) groups is 1. The fourth-order valence-electron chi connectivity index (χ4n) is 1.44. The SMILES string of the molecule is CN(C)c1ccc2c(c1)S(=O)(=O)NC(=S)N2. The normalized spacial score (nSPS) is 17.0. The zero-order valence-electron chi connectivity index (χ0n) is 8.81. The van der Waals surface area contributed by atoms with Crippen LogP contribution >= 0.6 is 12.2 Å². The van der Waals surface area contributed by atoms with Gasteiger partial charge in [-0.3, -0.25) is 4.72 Å². The van der Waals surface area contributed by atoms with Gasteiger partial charge in [0.05, 0.1) is 5.69 Å². The molecule has 0 saturated heterocycles. The first-order valence-corrected chi connectivity index (χ1v) is 6.44. The number of benzene rings is 1. The summed E-state index contributed by atoms with van der Waals surface area (Å²) in [5, 5.41) is 2.91. The van der Waals surface area contributed by atoms with Crippen molar-refractivity contribution in [1.29, 1.82) is 0 Å². The van der Waals surface area contributed by atoms with Crippen molar-refractivity contribution >= 4 is 38.7 Å². The van der Waals surface area contributed by atoms with E-state index >= 15 is 0 Å². The van der Waals surface area contributed by atoms with Gasteiger partial charge in [0, 0.05) is 19.8 Å². The third-order valence-electron chi connectivity index (χ3n) is 2.25. The monoisotopic (exact) mass is 257 g/mol. The van der Waals surface area contributed by atoms with Crippen LogP contribution in [0.5, 0.6) is 0 Å². The summed E-state index contributed by atoms with van der Waals surface area (Å²) < 4.78 is 25.9. The van der Waals surface area contributed by atoms with Crippen LogP contribution in [0.1, 0.15) is 0 Å². The van der Waals surface area contributed by atoms with Crippen LogP contribution in [0.2, 0.25) is 0 Å². The molecule has 5 nitrogen and oxygen atoms in total. The maximum absolute atomic E-state index is 11.8. The average Bonchev–Trinajstić information content (AvgIpc) is 2.15. The number of anilines is 2. The second-order valence-electron chi connectivity index (χ2n) is 3.63. The van der Waals surface area contributed by atoms with E-state index in [9.17, 15) is 8.42 Å². The molecule has 0 unspecified atom stereocenters. The number of hydrogen-bond donors (Lipinski definition) is 2. The molecule has 0 spiro atoms. The molecule has 0 fully saturated rings. The average molecular weight is 257 g/mol. The quantitative estimate of drug-likeness (QED) is 0.727. The van der Waals surface area contributed by atoms with Gasteiger partial charge in [-0.05, 0) is 30.4 Å². The number of fused-ring (bicyclic) bond motifs is 1. The Morgan fingerprint density at radius 3 is 2.62 bits per heavy atom. The van der Waals surface area contributed by atoms with E-state index in [1.807, 2.05) is 25.1 Å². The Bertz CT molecular complexity index is 552. The molecule has 1 aliphatic rings. The van der Waals surface area contributed by atoms with Crippen LogP contribution in [0.3, 0.4) is 0 Å². The highest BCUT2D eigenvalue weighted by atomic mass is 32.2. The second kappa shape index (κ2) is 3.60. The molecule has 0 saturated carbocycles. The topological polar surface area (TPSA) is 61.4 Å². The Morgan fingerprint density at radius 2 is 2.00 bits per heavy atom. The van der Waals surface area contributed by atoms with E-state index in [0.29, 0.717) is 5.69 Å². The smallest absolute Gasteiger partial charge is 0.265 e. The third-order valence-corrected chi connectivity index (χ3v) is 3.97. The van der Waals surface area contributed by atoms with Gasteiger partial charge < -0.3 is 10.2 Å². The minimum absolute atomic E-state index is 0.102. The third kappa shape index (κ3) is 1.83. The highest BCUT2D eigenvalue weighted by Crippen LogP contribution is 2.28. The Labute approximate surface area is 99.5 Å². The highest BCUT2D eigenvalue weighted by molar-refractivity contribution is 7.92. The lowest BCUT2D eigenvalue weighted by molar-refractivity contribution is 0.592. The van der Waals surface area contributed by atoms with Crippen LogP contribution in [-0.2, 0) is 10.0 Å². The Hall–Kier alpha value is -1.34. The first-order valence-electron chi connectivity index (χ1n) is 4.55. The minimum Gasteiger partial charge on any atom is -0.378 e. The minimum atomic E-state index is -3.53. The van der Waals surface area contributed by atoms with E-state index in [2.05, 4.69) is 10.0 Å². The van der Waals surface area contributed by atoms with Gasteiger partial charge in [0.2, 0.25) is 0 Å². The van der Waals surface area contributed by atoms with E-state index in [1.165, 1.54) is 0 Å². The van der Waals surface area contributed by atoms with E-state index in [1.54, 1.807) is 12.1 Å². The fourth-order valence-corrected chi connectivity index (χ4v) is 2.97. The predicted octanol–water partition coefficient (Wildman–Crippen LogP) is 0.741. The number of sulfonamides is 1. The van der Waals surface area contributed by atoms with Crippen molar-refractivity contribution in [2.75, 3.05) is 24.3 Å². The molecular weight excluding hydrogens is 246 g/mol. The van der Waals surface area contributed by atoms with E-state index in [-0.39, 0.29) is 10.0 Å². The van der Waals surface area contributed by atoms with E-state index in [0.717, 1.165) is 5.69 Å². The molecule has 7 heteroatoms. The van der Waals surface area contributed by atoms with Gasteiger partial charge >= 0.3 is 0 Å². The molecule has 1 aliphatic heterocycles. The zero-order chi connectivity index (χ0) is 11.9. The van der Waals surface area contributed by atoms with Gasteiger partial charge in [0.1, 0.15) is 4.90 Å². The lowest BCUT2D eigenvalue weighted by atomic mass is 10.2. The summed E-state index contributed by atoms with van der Waals surface area (Å²) in [7, 11) is 0.172. The summed E-state index contributed by atoms with van der Waals surface area (Å²) in [5.41, 5.74) is 1.33. The summed E-state index contributed by atoms with van der Waals surface area (Å²) in [4.78, 5) is 2.05. The van der Waals surface area contributed by atoms with Gasteiger partial charge in [0.15, 0.2) is 5.11 Å². The van der Waals surface area contributed by atoms with Crippen LogP contribution in [0.25, 0.3) is 0 Å². The zero-order valence-corrected chi connectivity index (χ0v) is 10.4. The molecule has 0 aromatic heterocycles. The maximum atomic E-state index is 11.8. The van der Waals surface area contributed by atoms with Gasteiger partial charge in [-0.1, -0.05) is 0 Å². The first kappa shape index (κ1) is 11.2. The molecule has 0 bridgehead atoms. The van der Waals surface area contributed by atoms with E-state index in [4.69, 9.17) is 12.2 Å². The molecule has 0 radical (unpaired) electrons. The van der Waals surface area contributed by atoms with Crippen molar-refractivity contribution in [2.45, 2.75) is 4.90 Å². The van der Waals surface area contributed by atoms with Crippen molar-refractivity contribution in [2.24, 2.45) is 0 Å². The molecule has 1 heterocycles. The number of nitrogens with one attached hydrogen (secondary N) is 2. The molecule has 0 aliphatic carbocycles. The van der Waals surface area contributed by atoms with Crippen LogP contribution in [0.15, 0.2) is 23.1 Å². The number of hydrogen-bond acceptors (Lipinski definition) is 4. The Kier molecular flexibility index (Phi) is 2.51. The first-order chi connectivity index (χ1) is 7.40. The van der Waals surface area contributed by atoms with Crippen molar-refractivity contribution in [3.8, 4) is 0 Å². The summed E-state index contributed by atoms with van der Waals surface area (Å²) in [6, 6.07) is 5.14. The molecular formula is C9H11N3O2S2. The van der Waals surface area contributed by atoms with Gasteiger partial charge in [-0.2, -0.15) is 0 Å². The fraction of sp³-hybridized carbons (Fsp3) is 0.222. The summed E-state index contributed by atoms with van der Waals surface area (Å²) in [6.45, 7) is 0. The van der Waals surface area contributed by atoms with Crippen molar-refractivity contribution in [3.05, 3.63) is 18.2 Å². The standard InChI is InChI=1S/C9H11N3O2S2/c1-12(2)6-3-4-7-8(5-6)16(13,14)11-9(15)10-7/h3-5H,1-2H3,(H2,10,11,15). The summed E-state index contributed by atoms with van der Waals surface area (Å²) in [5.74, 6) is 0. The Balaban J connectivity index is 2.62. The number of rotatable bonds is 1. The van der Waals surface area contributed by atoms with Crippen molar-refractivity contribution < 1.29 is 8.42 Å². The van der Waals surface area contributed by atoms with Crippen LogP contribution in [-0.4, -0.2) is 27.6 Å². The molecule has 0 amide bonds. The molecule has 0 atom stereocenters. The second-order valence-corrected chi connectivity index (χ2v) is 5.69. The largest absolute Gasteiger partial charge is 0.378 e. The maximum Gasteiger partial charge on any atom is 0.265 e. The summed E-state index contributed by atoms with van der Waals surface area (Å²) >= 11 is 4.80. The Morgan fingerprint density at radius 1 is 1.31 bits per heavy atom. The van der Waals surface area contributed by atoms with Gasteiger partial charge in [-0.15, -0.1) is 0 Å². The molecule has 16 heavy (non-hydrogen) atoms. The molecule has 1 aromatic rings.